The second kappa shape index (κ2) is 9.32. The van der Waals surface area contributed by atoms with Gasteiger partial charge in [-0.05, 0) is 37.5 Å². The third-order valence-corrected chi connectivity index (χ3v) is 6.28. The van der Waals surface area contributed by atoms with Crippen LogP contribution in [0.4, 0.5) is 5.69 Å². The molecule has 2 heterocycles. The Hall–Kier alpha value is -2.16. The van der Waals surface area contributed by atoms with E-state index in [1.54, 1.807) is 7.11 Å². The molecule has 1 saturated carbocycles. The zero-order chi connectivity index (χ0) is 21.1. The van der Waals surface area contributed by atoms with Gasteiger partial charge in [-0.15, -0.1) is 0 Å². The first-order valence-electron chi connectivity index (χ1n) is 10.7. The second-order valence-electron chi connectivity index (χ2n) is 8.32. The van der Waals surface area contributed by atoms with Gasteiger partial charge < -0.3 is 30.0 Å². The van der Waals surface area contributed by atoms with E-state index < -0.39 is 6.10 Å². The van der Waals surface area contributed by atoms with Crippen molar-refractivity contribution in [2.24, 2.45) is 5.92 Å². The van der Waals surface area contributed by atoms with Gasteiger partial charge in [0.1, 0.15) is 18.0 Å². The van der Waals surface area contributed by atoms with Crippen LogP contribution in [0.2, 0.25) is 0 Å². The van der Waals surface area contributed by atoms with Crippen molar-refractivity contribution in [2.75, 3.05) is 32.2 Å². The summed E-state index contributed by atoms with van der Waals surface area (Å²) in [4.78, 5) is 24.5. The number of methoxy groups -OCH3 is 1. The number of benzene rings is 1. The lowest BCUT2D eigenvalue weighted by Gasteiger charge is -2.37. The van der Waals surface area contributed by atoms with Crippen molar-refractivity contribution in [1.82, 2.24) is 5.32 Å². The van der Waals surface area contributed by atoms with Crippen LogP contribution in [-0.2, 0) is 19.1 Å². The van der Waals surface area contributed by atoms with Gasteiger partial charge in [0.05, 0.1) is 25.7 Å². The Morgan fingerprint density at radius 3 is 2.83 bits per heavy atom. The third-order valence-electron chi connectivity index (χ3n) is 6.28. The van der Waals surface area contributed by atoms with Crippen molar-refractivity contribution in [1.29, 1.82) is 0 Å². The molecule has 8 nitrogen and oxygen atoms in total. The normalized spacial score (nSPS) is 27.4. The van der Waals surface area contributed by atoms with Crippen molar-refractivity contribution in [3.63, 3.8) is 0 Å². The maximum Gasteiger partial charge on any atom is 0.227 e. The van der Waals surface area contributed by atoms with Crippen molar-refractivity contribution >= 4 is 17.5 Å². The van der Waals surface area contributed by atoms with E-state index in [0.29, 0.717) is 19.6 Å². The van der Waals surface area contributed by atoms with Crippen LogP contribution in [0.1, 0.15) is 43.6 Å². The van der Waals surface area contributed by atoms with E-state index in [4.69, 9.17) is 14.2 Å². The molecule has 2 aliphatic heterocycles. The van der Waals surface area contributed by atoms with Gasteiger partial charge in [0, 0.05) is 36.7 Å². The smallest absolute Gasteiger partial charge is 0.227 e. The molecular formula is C22H30N2O6. The minimum absolute atomic E-state index is 0.00299. The quantitative estimate of drug-likeness (QED) is 0.554. The van der Waals surface area contributed by atoms with E-state index in [2.05, 4.69) is 10.6 Å². The fourth-order valence-corrected chi connectivity index (χ4v) is 4.45. The highest BCUT2D eigenvalue weighted by Crippen LogP contribution is 2.47. The van der Waals surface area contributed by atoms with Crippen LogP contribution >= 0.6 is 0 Å². The van der Waals surface area contributed by atoms with E-state index >= 15 is 0 Å². The van der Waals surface area contributed by atoms with Gasteiger partial charge in [0.2, 0.25) is 11.8 Å². The van der Waals surface area contributed by atoms with Gasteiger partial charge in [0.25, 0.3) is 0 Å². The Morgan fingerprint density at radius 1 is 1.30 bits per heavy atom. The van der Waals surface area contributed by atoms with Crippen LogP contribution in [0.15, 0.2) is 18.2 Å². The number of hydrogen-bond donors (Lipinski definition) is 3. The van der Waals surface area contributed by atoms with Gasteiger partial charge in [-0.25, -0.2) is 0 Å². The van der Waals surface area contributed by atoms with Crippen LogP contribution in [0.25, 0.3) is 0 Å². The molecule has 1 aromatic carbocycles. The van der Waals surface area contributed by atoms with E-state index in [1.807, 2.05) is 18.2 Å². The largest absolute Gasteiger partial charge is 0.487 e. The van der Waals surface area contributed by atoms with Crippen molar-refractivity contribution < 1.29 is 28.9 Å². The molecule has 0 unspecified atom stereocenters. The summed E-state index contributed by atoms with van der Waals surface area (Å²) in [6.07, 6.45) is 2.75. The molecule has 4 rings (SSSR count). The average molecular weight is 418 g/mol. The summed E-state index contributed by atoms with van der Waals surface area (Å²) in [5, 5.41) is 15.7. The molecule has 1 saturated heterocycles. The average Bonchev–Trinajstić information content (AvgIpc) is 3.04. The summed E-state index contributed by atoms with van der Waals surface area (Å²) >= 11 is 0. The van der Waals surface area contributed by atoms with E-state index in [9.17, 15) is 14.7 Å². The van der Waals surface area contributed by atoms with Gasteiger partial charge in [0.15, 0.2) is 0 Å². The minimum Gasteiger partial charge on any atom is -0.487 e. The summed E-state index contributed by atoms with van der Waals surface area (Å²) < 4.78 is 17.0. The highest BCUT2D eigenvalue weighted by Gasteiger charge is 2.46. The summed E-state index contributed by atoms with van der Waals surface area (Å²) in [5.41, 5.74) is 1.76. The highest BCUT2D eigenvalue weighted by molar-refractivity contribution is 5.93. The number of carbonyl (C=O) groups is 2. The fourth-order valence-electron chi connectivity index (χ4n) is 4.45. The molecule has 3 N–H and O–H groups in total. The number of anilines is 1. The lowest BCUT2D eigenvalue weighted by Crippen LogP contribution is -2.47. The molecule has 3 aliphatic rings. The zero-order valence-electron chi connectivity index (χ0n) is 17.3. The second-order valence-corrected chi connectivity index (χ2v) is 8.32. The Kier molecular flexibility index (Phi) is 6.55. The van der Waals surface area contributed by atoms with Crippen LogP contribution in [0.3, 0.4) is 0 Å². The number of aliphatic hydroxyl groups is 1. The molecule has 4 atom stereocenters. The predicted molar refractivity (Wildman–Crippen MR) is 109 cm³/mol. The minimum atomic E-state index is -0.499. The van der Waals surface area contributed by atoms with Crippen molar-refractivity contribution in [3.05, 3.63) is 23.8 Å². The molecule has 0 aromatic heterocycles. The molecule has 8 heteroatoms. The van der Waals surface area contributed by atoms with Gasteiger partial charge in [-0.1, -0.05) is 6.42 Å². The van der Waals surface area contributed by atoms with Gasteiger partial charge >= 0.3 is 0 Å². The summed E-state index contributed by atoms with van der Waals surface area (Å²) in [6, 6.07) is 5.68. The molecule has 164 valence electrons. The van der Waals surface area contributed by atoms with Gasteiger partial charge in [-0.2, -0.15) is 0 Å². The lowest BCUT2D eigenvalue weighted by molar-refractivity contribution is -0.142. The number of nitrogens with one attached hydrogen (secondary N) is 2. The molecule has 1 aliphatic carbocycles. The van der Waals surface area contributed by atoms with Crippen LogP contribution < -0.4 is 15.4 Å². The third kappa shape index (κ3) is 4.45. The Morgan fingerprint density at radius 2 is 2.13 bits per heavy atom. The van der Waals surface area contributed by atoms with E-state index in [-0.39, 0.29) is 48.9 Å². The number of carbonyl (C=O) groups excluding carboxylic acids is 2. The molecule has 0 bridgehead atoms. The molecule has 2 fully saturated rings. The summed E-state index contributed by atoms with van der Waals surface area (Å²) in [5.74, 6) is 0.836. The lowest BCUT2D eigenvalue weighted by atomic mass is 9.83. The SMILES string of the molecule is COCCNC(=O)C[C@@H]1C[C@@H]2c3cc(NC(=O)C4CCC4)ccc3O[C@@H]2[C@H](CO)O1. The first kappa shape index (κ1) is 21.1. The first-order valence-corrected chi connectivity index (χ1v) is 10.7. The Labute approximate surface area is 176 Å². The molecule has 30 heavy (non-hydrogen) atoms. The molecule has 0 radical (unpaired) electrons. The zero-order valence-corrected chi connectivity index (χ0v) is 17.3. The number of ether oxygens (including phenoxy) is 3. The summed E-state index contributed by atoms with van der Waals surface area (Å²) in [7, 11) is 1.59. The standard InChI is InChI=1S/C22H30N2O6/c1-28-8-7-23-20(26)11-15-10-17-16-9-14(24-22(27)13-3-2-4-13)5-6-18(16)30-21(17)19(12-25)29-15/h5-6,9,13,15,17,19,21,25H,2-4,7-8,10-12H2,1H3,(H,23,26)(H,24,27)/t15-,17+,19-,21-/m0/s1. The summed E-state index contributed by atoms with van der Waals surface area (Å²) in [6.45, 7) is 0.730. The first-order chi connectivity index (χ1) is 14.6. The van der Waals surface area contributed by atoms with Crippen molar-refractivity contribution in [3.8, 4) is 5.75 Å². The highest BCUT2D eigenvalue weighted by atomic mass is 16.6. The van der Waals surface area contributed by atoms with Crippen LogP contribution in [-0.4, -0.2) is 62.1 Å². The molecule has 2 amide bonds. The van der Waals surface area contributed by atoms with E-state index in [1.165, 1.54) is 0 Å². The van der Waals surface area contributed by atoms with Crippen LogP contribution in [0.5, 0.6) is 5.75 Å². The monoisotopic (exact) mass is 418 g/mol. The number of hydrogen-bond acceptors (Lipinski definition) is 6. The number of aliphatic hydroxyl groups excluding tert-OH is 1. The molecule has 0 spiro atoms. The van der Waals surface area contributed by atoms with Crippen molar-refractivity contribution in [2.45, 2.75) is 56.3 Å². The number of fused-ring (bicyclic) bond motifs is 3. The maximum absolute atomic E-state index is 12.3. The van der Waals surface area contributed by atoms with Gasteiger partial charge in [-0.3, -0.25) is 9.59 Å². The number of amides is 2. The maximum atomic E-state index is 12.3. The predicted octanol–water partition coefficient (Wildman–Crippen LogP) is 1.57. The molecule has 1 aromatic rings. The Balaban J connectivity index is 1.44. The van der Waals surface area contributed by atoms with Crippen LogP contribution in [0, 0.1) is 5.92 Å². The van der Waals surface area contributed by atoms with E-state index in [0.717, 1.165) is 36.3 Å². The fraction of sp³-hybridized carbons (Fsp3) is 0.636. The number of rotatable bonds is 8. The topological polar surface area (TPSA) is 106 Å². The Bertz CT molecular complexity index is 781. The molecular weight excluding hydrogens is 388 g/mol.